The Hall–Kier alpha value is -1.98. The first kappa shape index (κ1) is 18.8. The minimum absolute atomic E-state index is 0.197. The van der Waals surface area contributed by atoms with Gasteiger partial charge < -0.3 is 14.7 Å². The van der Waals surface area contributed by atoms with Crippen LogP contribution in [0.25, 0.3) is 11.3 Å². The van der Waals surface area contributed by atoms with Gasteiger partial charge in [-0.05, 0) is 69.6 Å². The van der Waals surface area contributed by atoms with E-state index in [4.69, 9.17) is 4.74 Å². The molecule has 1 fully saturated rings. The van der Waals surface area contributed by atoms with E-state index in [-0.39, 0.29) is 5.41 Å². The van der Waals surface area contributed by atoms with Crippen LogP contribution in [0.15, 0.2) is 24.3 Å². The van der Waals surface area contributed by atoms with Crippen molar-refractivity contribution in [3.05, 3.63) is 41.1 Å². The lowest BCUT2D eigenvalue weighted by Crippen LogP contribution is -2.43. The van der Waals surface area contributed by atoms with Crippen molar-refractivity contribution in [3.63, 3.8) is 0 Å². The van der Waals surface area contributed by atoms with E-state index >= 15 is 0 Å². The average Bonchev–Trinajstić information content (AvgIpc) is 2.61. The van der Waals surface area contributed by atoms with Crippen molar-refractivity contribution in [2.45, 2.75) is 39.7 Å². The minimum atomic E-state index is -0.620. The Bertz CT molecular complexity index is 793. The van der Waals surface area contributed by atoms with E-state index in [0.717, 1.165) is 54.1 Å². The van der Waals surface area contributed by atoms with E-state index < -0.39 is 6.10 Å². The van der Waals surface area contributed by atoms with Crippen molar-refractivity contribution >= 4 is 0 Å². The number of likely N-dealkylation sites (tertiary alicyclic amines) is 1. The third kappa shape index (κ3) is 3.60. The van der Waals surface area contributed by atoms with Crippen LogP contribution in [-0.2, 0) is 0 Å². The molecule has 26 heavy (non-hydrogen) atoms. The lowest BCUT2D eigenvalue weighted by Gasteiger charge is -2.41. The smallest absolute Gasteiger partial charge is 0.128 e. The van der Waals surface area contributed by atoms with Gasteiger partial charge in [-0.25, -0.2) is 0 Å². The summed E-state index contributed by atoms with van der Waals surface area (Å²) in [5, 5.41) is 19.8. The van der Waals surface area contributed by atoms with Gasteiger partial charge in [-0.1, -0.05) is 13.0 Å². The van der Waals surface area contributed by atoms with Gasteiger partial charge in [0, 0.05) is 17.5 Å². The van der Waals surface area contributed by atoms with Gasteiger partial charge in [0.15, 0.2) is 0 Å². The molecule has 1 aliphatic heterocycles. The van der Waals surface area contributed by atoms with Crippen molar-refractivity contribution in [1.29, 1.82) is 0 Å². The summed E-state index contributed by atoms with van der Waals surface area (Å²) in [4.78, 5) is 2.28. The molecule has 2 heterocycles. The summed E-state index contributed by atoms with van der Waals surface area (Å²) in [6.45, 7) is 8.13. The van der Waals surface area contributed by atoms with Crippen molar-refractivity contribution in [2.24, 2.45) is 5.41 Å². The van der Waals surface area contributed by atoms with Crippen molar-refractivity contribution < 1.29 is 9.84 Å². The first-order valence-electron chi connectivity index (χ1n) is 9.20. The SMILES string of the molecule is COc1cc(C)ccc1-c1nnc([C@@H](O)[C@]2(C)CCCN(C)C2)cc1C. The summed E-state index contributed by atoms with van der Waals surface area (Å²) >= 11 is 0. The Morgan fingerprint density at radius 2 is 2.00 bits per heavy atom. The number of hydrogen-bond donors (Lipinski definition) is 1. The van der Waals surface area contributed by atoms with Gasteiger partial charge in [0.25, 0.3) is 0 Å². The van der Waals surface area contributed by atoms with E-state index in [2.05, 4.69) is 29.1 Å². The quantitative estimate of drug-likeness (QED) is 0.909. The molecular formula is C21H29N3O2. The highest BCUT2D eigenvalue weighted by Crippen LogP contribution is 2.41. The highest BCUT2D eigenvalue weighted by molar-refractivity contribution is 5.70. The second-order valence-electron chi connectivity index (χ2n) is 7.90. The maximum absolute atomic E-state index is 11.0. The molecule has 2 aromatic rings. The van der Waals surface area contributed by atoms with E-state index in [9.17, 15) is 5.11 Å². The zero-order valence-corrected chi connectivity index (χ0v) is 16.4. The molecule has 0 spiro atoms. The highest BCUT2D eigenvalue weighted by atomic mass is 16.5. The van der Waals surface area contributed by atoms with Gasteiger partial charge in [-0.15, -0.1) is 5.10 Å². The molecule has 0 unspecified atom stereocenters. The molecule has 5 nitrogen and oxygen atoms in total. The van der Waals surface area contributed by atoms with Crippen LogP contribution in [0.2, 0.25) is 0 Å². The van der Waals surface area contributed by atoms with Crippen molar-refractivity contribution in [3.8, 4) is 17.0 Å². The first-order chi connectivity index (χ1) is 12.3. The van der Waals surface area contributed by atoms with Crippen LogP contribution in [0.4, 0.5) is 0 Å². The number of methoxy groups -OCH3 is 1. The predicted octanol–water partition coefficient (Wildman–Crippen LogP) is 3.53. The van der Waals surface area contributed by atoms with E-state index in [1.165, 1.54) is 0 Å². The molecule has 2 atom stereocenters. The predicted molar refractivity (Wildman–Crippen MR) is 103 cm³/mol. The summed E-state index contributed by atoms with van der Waals surface area (Å²) in [5.41, 5.74) is 4.30. The maximum Gasteiger partial charge on any atom is 0.128 e. The number of ether oxygens (including phenoxy) is 1. The minimum Gasteiger partial charge on any atom is -0.496 e. The summed E-state index contributed by atoms with van der Waals surface area (Å²) in [6.07, 6.45) is 1.47. The fraction of sp³-hybridized carbons (Fsp3) is 0.524. The Balaban J connectivity index is 1.93. The van der Waals surface area contributed by atoms with Gasteiger partial charge in [0.05, 0.1) is 18.5 Å². The van der Waals surface area contributed by atoms with Crippen molar-refractivity contribution in [2.75, 3.05) is 27.2 Å². The van der Waals surface area contributed by atoms with Crippen LogP contribution in [0.5, 0.6) is 5.75 Å². The van der Waals surface area contributed by atoms with Crippen LogP contribution in [-0.4, -0.2) is 47.5 Å². The molecule has 1 N–H and O–H groups in total. The Morgan fingerprint density at radius 3 is 2.65 bits per heavy atom. The largest absolute Gasteiger partial charge is 0.496 e. The van der Waals surface area contributed by atoms with Gasteiger partial charge in [0.1, 0.15) is 11.9 Å². The summed E-state index contributed by atoms with van der Waals surface area (Å²) in [6, 6.07) is 8.02. The van der Waals surface area contributed by atoms with Crippen LogP contribution in [0, 0.1) is 19.3 Å². The normalized spacial score (nSPS) is 22.2. The molecule has 3 rings (SSSR count). The second-order valence-corrected chi connectivity index (χ2v) is 7.90. The molecule has 5 heteroatoms. The molecule has 140 valence electrons. The monoisotopic (exact) mass is 355 g/mol. The molecular weight excluding hydrogens is 326 g/mol. The Labute approximate surface area is 156 Å². The van der Waals surface area contributed by atoms with Gasteiger partial charge in [-0.2, -0.15) is 5.10 Å². The summed E-state index contributed by atoms with van der Waals surface area (Å²) in [5.74, 6) is 0.788. The number of aryl methyl sites for hydroxylation is 2. The molecule has 1 saturated heterocycles. The van der Waals surface area contributed by atoms with Crippen LogP contribution < -0.4 is 4.74 Å². The second kappa shape index (κ2) is 7.33. The molecule has 1 aromatic carbocycles. The lowest BCUT2D eigenvalue weighted by molar-refractivity contribution is -0.0174. The molecule has 1 aromatic heterocycles. The van der Waals surface area contributed by atoms with E-state index in [1.54, 1.807) is 7.11 Å². The van der Waals surface area contributed by atoms with E-state index in [1.807, 2.05) is 38.1 Å². The third-order valence-electron chi connectivity index (χ3n) is 5.47. The summed E-state index contributed by atoms with van der Waals surface area (Å²) in [7, 11) is 3.77. The molecule has 1 aliphatic rings. The molecule has 0 aliphatic carbocycles. The van der Waals surface area contributed by atoms with Gasteiger partial charge >= 0.3 is 0 Å². The number of nitrogens with zero attached hydrogens (tertiary/aromatic N) is 3. The zero-order chi connectivity index (χ0) is 18.9. The topological polar surface area (TPSA) is 58.5 Å². The average molecular weight is 355 g/mol. The van der Waals surface area contributed by atoms with Crippen LogP contribution >= 0.6 is 0 Å². The van der Waals surface area contributed by atoms with E-state index in [0.29, 0.717) is 5.69 Å². The summed E-state index contributed by atoms with van der Waals surface area (Å²) < 4.78 is 5.51. The lowest BCUT2D eigenvalue weighted by atomic mass is 9.76. The van der Waals surface area contributed by atoms with Gasteiger partial charge in [0.2, 0.25) is 0 Å². The maximum atomic E-state index is 11.0. The Kier molecular flexibility index (Phi) is 5.30. The number of aliphatic hydroxyl groups excluding tert-OH is 1. The van der Waals surface area contributed by atoms with Crippen LogP contribution in [0.3, 0.4) is 0 Å². The third-order valence-corrected chi connectivity index (χ3v) is 5.47. The number of benzene rings is 1. The molecule has 0 bridgehead atoms. The first-order valence-corrected chi connectivity index (χ1v) is 9.20. The molecule has 0 radical (unpaired) electrons. The zero-order valence-electron chi connectivity index (χ0n) is 16.4. The molecule has 0 saturated carbocycles. The number of piperidine rings is 1. The fourth-order valence-corrected chi connectivity index (χ4v) is 4.01. The number of aliphatic hydroxyl groups is 1. The van der Waals surface area contributed by atoms with Crippen LogP contribution in [0.1, 0.15) is 42.7 Å². The van der Waals surface area contributed by atoms with Gasteiger partial charge in [-0.3, -0.25) is 0 Å². The van der Waals surface area contributed by atoms with Crippen molar-refractivity contribution in [1.82, 2.24) is 15.1 Å². The standard InChI is InChI=1S/C21H29N3O2/c1-14-7-8-16(18(11-14)26-5)19-15(2)12-17(22-23-19)20(25)21(3)9-6-10-24(4)13-21/h7-8,11-12,20,25H,6,9-10,13H2,1-5H3/t20-,21-/m1/s1. The number of hydrogen-bond acceptors (Lipinski definition) is 5. The fourth-order valence-electron chi connectivity index (χ4n) is 4.01. The number of aromatic nitrogens is 2. The highest BCUT2D eigenvalue weighted by Gasteiger charge is 2.38. The Morgan fingerprint density at radius 1 is 1.23 bits per heavy atom. The molecule has 0 amide bonds. The number of rotatable bonds is 4.